The third-order valence-electron chi connectivity index (χ3n) is 4.71. The first-order chi connectivity index (χ1) is 13.6. The smallest absolute Gasteiger partial charge is 0.303 e. The Bertz CT molecular complexity index is 563. The first-order valence-electron chi connectivity index (χ1n) is 10.9. The molecule has 0 aromatic heterocycles. The van der Waals surface area contributed by atoms with Crippen LogP contribution in [0, 0.1) is 0 Å². The summed E-state index contributed by atoms with van der Waals surface area (Å²) in [6.07, 6.45) is 13.0. The summed E-state index contributed by atoms with van der Waals surface area (Å²) in [4.78, 5) is 23.8. The second-order valence-electron chi connectivity index (χ2n) is 7.32. The largest absolute Gasteiger partial charge is 0.481 e. The topological polar surface area (TPSA) is 66.4 Å². The van der Waals surface area contributed by atoms with Gasteiger partial charge in [0.15, 0.2) is 0 Å². The summed E-state index contributed by atoms with van der Waals surface area (Å²) >= 11 is 1.82. The first kappa shape index (κ1) is 24.5. The highest BCUT2D eigenvalue weighted by Gasteiger charge is 2.07. The number of anilines is 1. The molecule has 28 heavy (non-hydrogen) atoms. The molecule has 5 heteroatoms. The van der Waals surface area contributed by atoms with E-state index < -0.39 is 5.97 Å². The molecular formula is C23H37NO3S. The fourth-order valence-electron chi connectivity index (χ4n) is 3.03. The summed E-state index contributed by atoms with van der Waals surface area (Å²) in [5.41, 5.74) is 0.941. The molecule has 0 spiro atoms. The van der Waals surface area contributed by atoms with E-state index in [0.717, 1.165) is 48.4 Å². The summed E-state index contributed by atoms with van der Waals surface area (Å²) in [5, 5.41) is 11.7. The monoisotopic (exact) mass is 407 g/mol. The number of unbranched alkanes of at least 4 members (excludes halogenated alkanes) is 9. The Kier molecular flexibility index (Phi) is 14.4. The number of amides is 1. The molecule has 4 nitrogen and oxygen atoms in total. The standard InChI is InChI=1S/C23H37NO3S/c1-2-3-19-28-21-16-14-13-15-20(21)24-22(25)17-11-9-7-5-4-6-8-10-12-18-23(26)27/h13-16H,2-12,17-19H2,1H3,(H,24,25)(H,26,27). The predicted octanol–water partition coefficient (Wildman–Crippen LogP) is 6.89. The van der Waals surface area contributed by atoms with E-state index in [9.17, 15) is 9.59 Å². The highest BCUT2D eigenvalue weighted by atomic mass is 32.2. The number of rotatable bonds is 17. The lowest BCUT2D eigenvalue weighted by molar-refractivity contribution is -0.137. The van der Waals surface area contributed by atoms with E-state index >= 15 is 0 Å². The van der Waals surface area contributed by atoms with Gasteiger partial charge in [0.2, 0.25) is 5.91 Å². The van der Waals surface area contributed by atoms with E-state index in [1.807, 2.05) is 30.0 Å². The molecule has 1 rings (SSSR count). The number of nitrogens with one attached hydrogen (secondary N) is 1. The summed E-state index contributed by atoms with van der Waals surface area (Å²) in [6, 6.07) is 8.07. The Hall–Kier alpha value is -1.49. The maximum atomic E-state index is 12.2. The number of carbonyl (C=O) groups is 2. The number of para-hydroxylation sites is 1. The molecule has 158 valence electrons. The van der Waals surface area contributed by atoms with Crippen molar-refractivity contribution in [1.82, 2.24) is 0 Å². The molecule has 0 radical (unpaired) electrons. The highest BCUT2D eigenvalue weighted by Crippen LogP contribution is 2.28. The number of hydrogen-bond donors (Lipinski definition) is 2. The molecule has 1 aromatic rings. The van der Waals surface area contributed by atoms with Crippen molar-refractivity contribution in [2.24, 2.45) is 0 Å². The van der Waals surface area contributed by atoms with Crippen molar-refractivity contribution in [3.63, 3.8) is 0 Å². The summed E-state index contributed by atoms with van der Waals surface area (Å²) in [5.74, 6) is 0.507. The van der Waals surface area contributed by atoms with Crippen LogP contribution in [0.15, 0.2) is 29.2 Å². The van der Waals surface area contributed by atoms with Gasteiger partial charge in [0.1, 0.15) is 0 Å². The van der Waals surface area contributed by atoms with Crippen LogP contribution in [-0.4, -0.2) is 22.7 Å². The predicted molar refractivity (Wildman–Crippen MR) is 119 cm³/mol. The number of carboxylic acids is 1. The molecule has 0 aliphatic heterocycles. The third-order valence-corrected chi connectivity index (χ3v) is 5.87. The molecule has 0 aliphatic rings. The Morgan fingerprint density at radius 2 is 1.43 bits per heavy atom. The minimum absolute atomic E-state index is 0.113. The van der Waals surface area contributed by atoms with Gasteiger partial charge in [-0.3, -0.25) is 9.59 Å². The van der Waals surface area contributed by atoms with E-state index in [4.69, 9.17) is 5.11 Å². The van der Waals surface area contributed by atoms with Crippen molar-refractivity contribution in [1.29, 1.82) is 0 Å². The Labute approximate surface area is 174 Å². The quantitative estimate of drug-likeness (QED) is 0.218. The summed E-state index contributed by atoms with van der Waals surface area (Å²) in [7, 11) is 0. The lowest BCUT2D eigenvalue weighted by Gasteiger charge is -2.10. The lowest BCUT2D eigenvalue weighted by atomic mass is 10.1. The molecule has 1 amide bonds. The third kappa shape index (κ3) is 12.8. The van der Waals surface area contributed by atoms with Crippen molar-refractivity contribution in [2.45, 2.75) is 95.3 Å². The van der Waals surface area contributed by atoms with E-state index in [1.165, 1.54) is 38.5 Å². The number of benzene rings is 1. The number of thioether (sulfide) groups is 1. The maximum absolute atomic E-state index is 12.2. The Morgan fingerprint density at radius 3 is 2.04 bits per heavy atom. The van der Waals surface area contributed by atoms with Crippen LogP contribution in [0.5, 0.6) is 0 Å². The average molecular weight is 408 g/mol. The van der Waals surface area contributed by atoms with Crippen LogP contribution in [0.25, 0.3) is 0 Å². The van der Waals surface area contributed by atoms with Gasteiger partial charge in [-0.05, 0) is 37.1 Å². The van der Waals surface area contributed by atoms with Gasteiger partial charge in [-0.1, -0.05) is 70.4 Å². The SMILES string of the molecule is CCCCSc1ccccc1NC(=O)CCCCCCCCCCCC(=O)O. The van der Waals surface area contributed by atoms with Gasteiger partial charge in [0.05, 0.1) is 5.69 Å². The summed E-state index contributed by atoms with van der Waals surface area (Å²) in [6.45, 7) is 2.19. The Balaban J connectivity index is 2.06. The maximum Gasteiger partial charge on any atom is 0.303 e. The second-order valence-corrected chi connectivity index (χ2v) is 8.46. The minimum Gasteiger partial charge on any atom is -0.481 e. The molecule has 2 N–H and O–H groups in total. The van der Waals surface area contributed by atoms with Gasteiger partial charge in [-0.2, -0.15) is 0 Å². The minimum atomic E-state index is -0.692. The zero-order chi connectivity index (χ0) is 20.5. The van der Waals surface area contributed by atoms with Crippen LogP contribution in [0.3, 0.4) is 0 Å². The van der Waals surface area contributed by atoms with Gasteiger partial charge >= 0.3 is 5.97 Å². The van der Waals surface area contributed by atoms with Gasteiger partial charge in [0, 0.05) is 17.7 Å². The van der Waals surface area contributed by atoms with Crippen LogP contribution < -0.4 is 5.32 Å². The van der Waals surface area contributed by atoms with E-state index in [-0.39, 0.29) is 5.91 Å². The Morgan fingerprint density at radius 1 is 0.857 bits per heavy atom. The summed E-state index contributed by atoms with van der Waals surface area (Å²) < 4.78 is 0. The van der Waals surface area contributed by atoms with Crippen molar-refractivity contribution < 1.29 is 14.7 Å². The van der Waals surface area contributed by atoms with Crippen molar-refractivity contribution >= 4 is 29.3 Å². The van der Waals surface area contributed by atoms with Gasteiger partial charge < -0.3 is 10.4 Å². The van der Waals surface area contributed by atoms with E-state index in [0.29, 0.717) is 12.8 Å². The normalized spacial score (nSPS) is 10.8. The molecule has 0 saturated heterocycles. The molecule has 0 heterocycles. The molecule has 0 atom stereocenters. The van der Waals surface area contributed by atoms with Crippen LogP contribution in [0.1, 0.15) is 90.4 Å². The molecule has 1 aromatic carbocycles. The van der Waals surface area contributed by atoms with Gasteiger partial charge in [-0.25, -0.2) is 0 Å². The van der Waals surface area contributed by atoms with Crippen LogP contribution in [-0.2, 0) is 9.59 Å². The van der Waals surface area contributed by atoms with Gasteiger partial charge in [-0.15, -0.1) is 11.8 Å². The number of hydrogen-bond acceptors (Lipinski definition) is 3. The lowest BCUT2D eigenvalue weighted by Crippen LogP contribution is -2.11. The van der Waals surface area contributed by atoms with Crippen molar-refractivity contribution in [3.8, 4) is 0 Å². The van der Waals surface area contributed by atoms with Crippen LogP contribution in [0.4, 0.5) is 5.69 Å². The second kappa shape index (κ2) is 16.5. The number of aliphatic carboxylic acids is 1. The zero-order valence-electron chi connectivity index (χ0n) is 17.4. The van der Waals surface area contributed by atoms with Crippen LogP contribution >= 0.6 is 11.8 Å². The number of carbonyl (C=O) groups excluding carboxylic acids is 1. The zero-order valence-corrected chi connectivity index (χ0v) is 18.2. The molecule has 0 unspecified atom stereocenters. The molecule has 0 aliphatic carbocycles. The van der Waals surface area contributed by atoms with E-state index in [1.54, 1.807) is 0 Å². The van der Waals surface area contributed by atoms with Crippen LogP contribution in [0.2, 0.25) is 0 Å². The number of carboxylic acid groups (broad SMARTS) is 1. The van der Waals surface area contributed by atoms with Crippen molar-refractivity contribution in [3.05, 3.63) is 24.3 Å². The molecule has 0 bridgehead atoms. The van der Waals surface area contributed by atoms with Gasteiger partial charge in [0.25, 0.3) is 0 Å². The average Bonchev–Trinajstić information content (AvgIpc) is 2.67. The van der Waals surface area contributed by atoms with Crippen molar-refractivity contribution in [2.75, 3.05) is 11.1 Å². The fraction of sp³-hybridized carbons (Fsp3) is 0.652. The molecular weight excluding hydrogens is 370 g/mol. The first-order valence-corrected chi connectivity index (χ1v) is 11.9. The highest BCUT2D eigenvalue weighted by molar-refractivity contribution is 7.99. The van der Waals surface area contributed by atoms with E-state index in [2.05, 4.69) is 18.3 Å². The fourth-order valence-corrected chi connectivity index (χ4v) is 4.14. The molecule has 0 saturated carbocycles. The molecule has 0 fully saturated rings.